The van der Waals surface area contributed by atoms with Gasteiger partial charge in [0, 0.05) is 36.3 Å². The zero-order valence-corrected chi connectivity index (χ0v) is 18.5. The van der Waals surface area contributed by atoms with E-state index in [1.165, 1.54) is 34.1 Å². The third-order valence-electron chi connectivity index (χ3n) is 5.84. The number of fused-ring (bicyclic) bond motifs is 1. The van der Waals surface area contributed by atoms with Crippen LogP contribution in [0.5, 0.6) is 0 Å². The van der Waals surface area contributed by atoms with E-state index in [4.69, 9.17) is 4.42 Å². The molecule has 0 spiro atoms. The van der Waals surface area contributed by atoms with E-state index in [0.717, 1.165) is 6.07 Å². The van der Waals surface area contributed by atoms with E-state index >= 15 is 0 Å². The molecule has 10 heteroatoms. The van der Waals surface area contributed by atoms with Crippen LogP contribution in [0.4, 0.5) is 17.6 Å². The van der Waals surface area contributed by atoms with Gasteiger partial charge in [0.1, 0.15) is 10.4 Å². The number of rotatable bonds is 3. The first-order chi connectivity index (χ1) is 15.7. The molecule has 1 aromatic carbocycles. The molecule has 33 heavy (non-hydrogen) atoms. The summed E-state index contributed by atoms with van der Waals surface area (Å²) in [6.07, 6.45) is 0.0383. The molecule has 5 rings (SSSR count). The van der Waals surface area contributed by atoms with Crippen LogP contribution in [0.15, 0.2) is 64.1 Å². The summed E-state index contributed by atoms with van der Waals surface area (Å²) in [5.41, 5.74) is -0.226. The highest BCUT2D eigenvalue weighted by Crippen LogP contribution is 2.38. The van der Waals surface area contributed by atoms with E-state index < -0.39 is 17.6 Å². The van der Waals surface area contributed by atoms with Gasteiger partial charge in [0.15, 0.2) is 11.3 Å². The van der Waals surface area contributed by atoms with E-state index in [1.54, 1.807) is 24.3 Å². The normalized spacial score (nSPS) is 16.6. The number of halogens is 5. The van der Waals surface area contributed by atoms with Crippen LogP contribution in [-0.2, 0) is 6.18 Å². The molecular weight excluding hydrogens is 506 g/mol. The van der Waals surface area contributed by atoms with Crippen molar-refractivity contribution < 1.29 is 26.8 Å². The summed E-state index contributed by atoms with van der Waals surface area (Å²) in [6.45, 7) is 0.608. The lowest BCUT2D eigenvalue weighted by Gasteiger charge is -2.16. The molecule has 1 atom stereocenters. The van der Waals surface area contributed by atoms with Crippen molar-refractivity contribution in [2.45, 2.75) is 18.5 Å². The van der Waals surface area contributed by atoms with Crippen LogP contribution in [0.1, 0.15) is 34.0 Å². The minimum absolute atomic E-state index is 0.118. The van der Waals surface area contributed by atoms with Gasteiger partial charge in [0.25, 0.3) is 5.91 Å². The lowest BCUT2D eigenvalue weighted by molar-refractivity contribution is -0.136. The highest BCUT2D eigenvalue weighted by molar-refractivity contribution is 9.10. The standard InChI is InChI=1S/C23H16BrF4N3O2/c24-20-19(22(32)30-7-5-13(10-30)16-3-1-2-4-18(16)25)29-21-17(23(26,27)28)9-15(11-31(20)21)14-6-8-33-12-14/h1-4,6,8-9,11-13H,5,7,10H2. The average Bonchev–Trinajstić information content (AvgIpc) is 3.53. The van der Waals surface area contributed by atoms with Gasteiger partial charge in [-0.1, -0.05) is 18.2 Å². The van der Waals surface area contributed by atoms with Crippen molar-refractivity contribution >= 4 is 27.5 Å². The van der Waals surface area contributed by atoms with Crippen LogP contribution in [0.25, 0.3) is 16.8 Å². The molecule has 5 nitrogen and oxygen atoms in total. The Morgan fingerprint density at radius 1 is 1.18 bits per heavy atom. The fourth-order valence-corrected chi connectivity index (χ4v) is 4.73. The molecule has 0 aliphatic carbocycles. The summed E-state index contributed by atoms with van der Waals surface area (Å²) in [5, 5.41) is 0. The number of likely N-dealkylation sites (tertiary alicyclic amines) is 1. The second kappa shape index (κ2) is 8.02. The fourth-order valence-electron chi connectivity index (χ4n) is 4.20. The first-order valence-electron chi connectivity index (χ1n) is 10.1. The Hall–Kier alpha value is -3.14. The molecule has 1 fully saturated rings. The lowest BCUT2D eigenvalue weighted by Crippen LogP contribution is -2.29. The number of hydrogen-bond donors (Lipinski definition) is 0. The van der Waals surface area contributed by atoms with Gasteiger partial charge < -0.3 is 9.32 Å². The first kappa shape index (κ1) is 21.7. The molecule has 1 aliphatic heterocycles. The minimum Gasteiger partial charge on any atom is -0.472 e. The number of pyridine rings is 1. The maximum atomic E-state index is 14.2. The van der Waals surface area contributed by atoms with Gasteiger partial charge in [-0.25, -0.2) is 9.37 Å². The van der Waals surface area contributed by atoms with Gasteiger partial charge in [-0.15, -0.1) is 0 Å². The van der Waals surface area contributed by atoms with Gasteiger partial charge in [-0.2, -0.15) is 13.2 Å². The Balaban J connectivity index is 1.53. The molecule has 3 aromatic heterocycles. The van der Waals surface area contributed by atoms with Crippen molar-refractivity contribution in [3.05, 3.63) is 82.4 Å². The Morgan fingerprint density at radius 2 is 1.97 bits per heavy atom. The van der Waals surface area contributed by atoms with Crippen molar-refractivity contribution in [2.24, 2.45) is 0 Å². The summed E-state index contributed by atoms with van der Waals surface area (Å²) >= 11 is 3.27. The second-order valence-corrected chi connectivity index (χ2v) is 8.61. The number of furan rings is 1. The average molecular weight is 522 g/mol. The van der Waals surface area contributed by atoms with Crippen LogP contribution < -0.4 is 0 Å². The first-order valence-corrected chi connectivity index (χ1v) is 10.9. The zero-order chi connectivity index (χ0) is 23.3. The molecule has 1 amide bonds. The highest BCUT2D eigenvalue weighted by Gasteiger charge is 2.37. The zero-order valence-electron chi connectivity index (χ0n) is 16.9. The largest absolute Gasteiger partial charge is 0.472 e. The predicted molar refractivity (Wildman–Crippen MR) is 115 cm³/mol. The third kappa shape index (κ3) is 3.82. The second-order valence-electron chi connectivity index (χ2n) is 7.86. The predicted octanol–water partition coefficient (Wildman–Crippen LogP) is 6.14. The number of imidazole rings is 1. The van der Waals surface area contributed by atoms with Gasteiger partial charge in [-0.3, -0.25) is 9.20 Å². The number of amides is 1. The Kier molecular flexibility index (Phi) is 5.27. The molecule has 0 saturated carbocycles. The molecule has 4 heterocycles. The molecule has 0 bridgehead atoms. The van der Waals surface area contributed by atoms with Crippen LogP contribution >= 0.6 is 15.9 Å². The number of carbonyl (C=O) groups excluding carboxylic acids is 1. The van der Waals surface area contributed by atoms with E-state index in [0.29, 0.717) is 24.1 Å². The van der Waals surface area contributed by atoms with Crippen LogP contribution in [0.2, 0.25) is 0 Å². The molecule has 1 aliphatic rings. The maximum Gasteiger partial charge on any atom is 0.420 e. The number of nitrogens with zero attached hydrogens (tertiary/aromatic N) is 3. The van der Waals surface area contributed by atoms with Crippen molar-refractivity contribution in [3.8, 4) is 11.1 Å². The molecule has 1 saturated heterocycles. The van der Waals surface area contributed by atoms with Crippen LogP contribution in [-0.4, -0.2) is 33.3 Å². The molecule has 0 radical (unpaired) electrons. The summed E-state index contributed by atoms with van der Waals surface area (Å²) in [4.78, 5) is 18.8. The summed E-state index contributed by atoms with van der Waals surface area (Å²) in [7, 11) is 0. The molecule has 0 N–H and O–H groups in total. The number of carbonyl (C=O) groups is 1. The summed E-state index contributed by atoms with van der Waals surface area (Å²) < 4.78 is 62.0. The smallest absolute Gasteiger partial charge is 0.420 e. The van der Waals surface area contributed by atoms with Crippen molar-refractivity contribution in [2.75, 3.05) is 13.1 Å². The van der Waals surface area contributed by atoms with Gasteiger partial charge in [-0.05, 0) is 46.1 Å². The summed E-state index contributed by atoms with van der Waals surface area (Å²) in [6, 6.07) is 8.91. The SMILES string of the molecule is O=C(c1nc2c(C(F)(F)F)cc(-c3ccoc3)cn2c1Br)N1CCC(c2ccccc2F)C1. The quantitative estimate of drug-likeness (QED) is 0.304. The Morgan fingerprint density at radius 3 is 2.67 bits per heavy atom. The van der Waals surface area contributed by atoms with Gasteiger partial charge in [0.2, 0.25) is 0 Å². The fraction of sp³-hybridized carbons (Fsp3) is 0.217. The number of benzene rings is 1. The lowest BCUT2D eigenvalue weighted by atomic mass is 9.98. The molecular formula is C23H16BrF4N3O2. The molecule has 1 unspecified atom stereocenters. The molecule has 170 valence electrons. The maximum absolute atomic E-state index is 14.2. The Bertz CT molecular complexity index is 1350. The van der Waals surface area contributed by atoms with Crippen molar-refractivity contribution in [1.29, 1.82) is 0 Å². The monoisotopic (exact) mass is 521 g/mol. The molecule has 4 aromatic rings. The topological polar surface area (TPSA) is 50.8 Å². The van der Waals surface area contributed by atoms with E-state index in [9.17, 15) is 22.4 Å². The van der Waals surface area contributed by atoms with Crippen LogP contribution in [0, 0.1) is 5.82 Å². The van der Waals surface area contributed by atoms with Gasteiger partial charge in [0.05, 0.1) is 18.1 Å². The number of alkyl halides is 3. The highest BCUT2D eigenvalue weighted by atomic mass is 79.9. The Labute approximate surface area is 193 Å². The van der Waals surface area contributed by atoms with Crippen molar-refractivity contribution in [1.82, 2.24) is 14.3 Å². The van der Waals surface area contributed by atoms with E-state index in [-0.39, 0.29) is 39.8 Å². The van der Waals surface area contributed by atoms with E-state index in [1.807, 2.05) is 0 Å². The summed E-state index contributed by atoms with van der Waals surface area (Å²) in [5.74, 6) is -1.04. The minimum atomic E-state index is -4.68. The number of hydrogen-bond acceptors (Lipinski definition) is 3. The van der Waals surface area contributed by atoms with E-state index in [2.05, 4.69) is 20.9 Å². The number of aromatic nitrogens is 2. The van der Waals surface area contributed by atoms with Crippen LogP contribution in [0.3, 0.4) is 0 Å². The third-order valence-corrected chi connectivity index (χ3v) is 6.60. The van der Waals surface area contributed by atoms with Crippen molar-refractivity contribution in [3.63, 3.8) is 0 Å². The van der Waals surface area contributed by atoms with Gasteiger partial charge >= 0.3 is 6.18 Å².